The summed E-state index contributed by atoms with van der Waals surface area (Å²) in [6.45, 7) is 6.87. The van der Waals surface area contributed by atoms with E-state index in [4.69, 9.17) is 4.74 Å². The molecule has 0 spiro atoms. The van der Waals surface area contributed by atoms with E-state index in [1.165, 1.54) is 27.7 Å². The standard InChI is InChI=1S/C26H32N2O/c1-3-15-26(4-2,16-18-29-19-20-10-6-5-7-11-20)25-24-22(14-17-27-25)21-12-8-9-13-23(21)28-24/h3,5-13,15,25,27-28H,4,14,16-19H2,1-2H3/b15-3+/t25?,26-/m1/s1. The summed E-state index contributed by atoms with van der Waals surface area (Å²) in [4.78, 5) is 3.74. The van der Waals surface area contributed by atoms with Crippen molar-refractivity contribution < 1.29 is 4.74 Å². The lowest BCUT2D eigenvalue weighted by atomic mass is 9.71. The molecule has 1 aromatic heterocycles. The van der Waals surface area contributed by atoms with Gasteiger partial charge in [0.15, 0.2) is 0 Å². The summed E-state index contributed by atoms with van der Waals surface area (Å²) < 4.78 is 6.09. The van der Waals surface area contributed by atoms with Crippen LogP contribution in [0.4, 0.5) is 0 Å². The van der Waals surface area contributed by atoms with Crippen LogP contribution in [0.1, 0.15) is 49.6 Å². The summed E-state index contributed by atoms with van der Waals surface area (Å²) in [6.07, 6.45) is 7.75. The zero-order chi connectivity index (χ0) is 20.1. The van der Waals surface area contributed by atoms with E-state index in [0.29, 0.717) is 6.61 Å². The van der Waals surface area contributed by atoms with E-state index in [-0.39, 0.29) is 11.5 Å². The van der Waals surface area contributed by atoms with E-state index in [1.54, 1.807) is 0 Å². The quantitative estimate of drug-likeness (QED) is 0.370. The van der Waals surface area contributed by atoms with E-state index in [1.807, 2.05) is 6.07 Å². The van der Waals surface area contributed by atoms with Crippen LogP contribution in [0.2, 0.25) is 0 Å². The van der Waals surface area contributed by atoms with E-state index < -0.39 is 0 Å². The highest BCUT2D eigenvalue weighted by Crippen LogP contribution is 2.45. The molecule has 3 aromatic rings. The molecule has 1 aliphatic rings. The van der Waals surface area contributed by atoms with E-state index in [0.717, 1.165) is 32.4 Å². The summed E-state index contributed by atoms with van der Waals surface area (Å²) in [6, 6.07) is 19.4. The maximum atomic E-state index is 6.09. The second-order valence-electron chi connectivity index (χ2n) is 8.07. The largest absolute Gasteiger partial charge is 0.377 e. The number of hydrogen-bond donors (Lipinski definition) is 2. The van der Waals surface area contributed by atoms with Gasteiger partial charge in [-0.25, -0.2) is 0 Å². The molecule has 0 aliphatic carbocycles. The number of ether oxygens (including phenoxy) is 1. The molecule has 152 valence electrons. The predicted octanol–water partition coefficient (Wildman–Crippen LogP) is 5.93. The minimum atomic E-state index is 0.0293. The number of para-hydroxylation sites is 1. The average Bonchev–Trinajstić information content (AvgIpc) is 3.15. The van der Waals surface area contributed by atoms with Gasteiger partial charge in [0.1, 0.15) is 0 Å². The summed E-state index contributed by atoms with van der Waals surface area (Å²) >= 11 is 0. The number of rotatable bonds is 8. The van der Waals surface area contributed by atoms with Crippen LogP contribution < -0.4 is 5.32 Å². The second-order valence-corrected chi connectivity index (χ2v) is 8.07. The summed E-state index contributed by atoms with van der Waals surface area (Å²) in [5, 5.41) is 5.21. The molecule has 2 N–H and O–H groups in total. The zero-order valence-corrected chi connectivity index (χ0v) is 17.6. The van der Waals surface area contributed by atoms with Crippen LogP contribution in [-0.4, -0.2) is 18.1 Å². The van der Waals surface area contributed by atoms with Crippen molar-refractivity contribution in [1.29, 1.82) is 0 Å². The van der Waals surface area contributed by atoms with Gasteiger partial charge in [0.05, 0.1) is 12.6 Å². The van der Waals surface area contributed by atoms with E-state index in [2.05, 4.69) is 84.8 Å². The molecule has 3 heteroatoms. The molecule has 2 heterocycles. The first-order valence-electron chi connectivity index (χ1n) is 10.9. The van der Waals surface area contributed by atoms with Crippen molar-refractivity contribution in [1.82, 2.24) is 10.3 Å². The van der Waals surface area contributed by atoms with Gasteiger partial charge < -0.3 is 15.0 Å². The summed E-state index contributed by atoms with van der Waals surface area (Å²) in [5.41, 5.74) is 5.35. The Labute approximate surface area is 174 Å². The van der Waals surface area contributed by atoms with Gasteiger partial charge in [-0.05, 0) is 49.9 Å². The van der Waals surface area contributed by atoms with Crippen LogP contribution in [0.15, 0.2) is 66.7 Å². The SMILES string of the molecule is C/C=C/[C@](CC)(CCOCc1ccccc1)C1NCCc2c1[nH]c1ccccc21. The molecule has 29 heavy (non-hydrogen) atoms. The van der Waals surface area contributed by atoms with E-state index in [9.17, 15) is 0 Å². The Balaban J connectivity index is 1.57. The fraction of sp³-hybridized carbons (Fsp3) is 0.385. The fourth-order valence-corrected chi connectivity index (χ4v) is 4.85. The number of hydrogen-bond acceptors (Lipinski definition) is 2. The molecule has 3 nitrogen and oxygen atoms in total. The van der Waals surface area contributed by atoms with Crippen LogP contribution >= 0.6 is 0 Å². The molecule has 4 rings (SSSR count). The lowest BCUT2D eigenvalue weighted by Crippen LogP contribution is -2.42. The molecular formula is C26H32N2O. The summed E-state index contributed by atoms with van der Waals surface area (Å²) in [5.74, 6) is 0. The van der Waals surface area contributed by atoms with Gasteiger partial charge in [-0.15, -0.1) is 0 Å². The Morgan fingerprint density at radius 1 is 1.10 bits per heavy atom. The zero-order valence-electron chi connectivity index (χ0n) is 17.6. The molecule has 1 unspecified atom stereocenters. The van der Waals surface area contributed by atoms with Crippen molar-refractivity contribution in [3.05, 3.63) is 83.6 Å². The molecular weight excluding hydrogens is 356 g/mol. The van der Waals surface area contributed by atoms with Crippen LogP contribution in [-0.2, 0) is 17.8 Å². The number of fused-ring (bicyclic) bond motifs is 3. The van der Waals surface area contributed by atoms with Crippen molar-refractivity contribution in [2.24, 2.45) is 5.41 Å². The maximum Gasteiger partial charge on any atom is 0.0716 e. The molecule has 0 radical (unpaired) electrons. The third-order valence-electron chi connectivity index (χ3n) is 6.41. The third kappa shape index (κ3) is 4.03. The Kier molecular flexibility index (Phi) is 6.17. The molecule has 0 bridgehead atoms. The highest BCUT2D eigenvalue weighted by Gasteiger charge is 2.39. The number of benzene rings is 2. The lowest BCUT2D eigenvalue weighted by Gasteiger charge is -2.41. The summed E-state index contributed by atoms with van der Waals surface area (Å²) in [7, 11) is 0. The Morgan fingerprint density at radius 3 is 2.69 bits per heavy atom. The third-order valence-corrected chi connectivity index (χ3v) is 6.41. The van der Waals surface area contributed by atoms with Gasteiger partial charge in [-0.2, -0.15) is 0 Å². The van der Waals surface area contributed by atoms with Crippen molar-refractivity contribution in [2.45, 2.75) is 45.8 Å². The molecule has 2 atom stereocenters. The molecule has 0 saturated heterocycles. The van der Waals surface area contributed by atoms with Crippen LogP contribution in [0.25, 0.3) is 10.9 Å². The molecule has 1 aliphatic heterocycles. The van der Waals surface area contributed by atoms with Gasteiger partial charge in [-0.3, -0.25) is 0 Å². The molecule has 2 aromatic carbocycles. The van der Waals surface area contributed by atoms with Crippen molar-refractivity contribution in [2.75, 3.05) is 13.2 Å². The lowest BCUT2D eigenvalue weighted by molar-refractivity contribution is 0.0797. The van der Waals surface area contributed by atoms with Crippen LogP contribution in [0, 0.1) is 5.41 Å². The smallest absolute Gasteiger partial charge is 0.0716 e. The second kappa shape index (κ2) is 8.98. The van der Waals surface area contributed by atoms with E-state index >= 15 is 0 Å². The first-order chi connectivity index (χ1) is 14.3. The number of aromatic nitrogens is 1. The number of H-pyrrole nitrogens is 1. The Bertz CT molecular complexity index is 959. The minimum absolute atomic E-state index is 0.0293. The normalized spacial score (nSPS) is 18.8. The topological polar surface area (TPSA) is 37.0 Å². The fourth-order valence-electron chi connectivity index (χ4n) is 4.85. The minimum Gasteiger partial charge on any atom is -0.377 e. The maximum absolute atomic E-state index is 6.09. The molecule has 0 fully saturated rings. The van der Waals surface area contributed by atoms with Gasteiger partial charge in [0.25, 0.3) is 0 Å². The Hall–Kier alpha value is -2.36. The highest BCUT2D eigenvalue weighted by molar-refractivity contribution is 5.85. The van der Waals surface area contributed by atoms with Crippen LogP contribution in [0.3, 0.4) is 0 Å². The molecule has 0 amide bonds. The van der Waals surface area contributed by atoms with Gasteiger partial charge >= 0.3 is 0 Å². The van der Waals surface area contributed by atoms with Gasteiger partial charge in [0.2, 0.25) is 0 Å². The number of nitrogens with one attached hydrogen (secondary N) is 2. The van der Waals surface area contributed by atoms with Gasteiger partial charge in [0, 0.05) is 28.6 Å². The molecule has 0 saturated carbocycles. The van der Waals surface area contributed by atoms with Crippen LogP contribution in [0.5, 0.6) is 0 Å². The number of allylic oxidation sites excluding steroid dienone is 1. The van der Waals surface area contributed by atoms with Crippen molar-refractivity contribution in [3.63, 3.8) is 0 Å². The predicted molar refractivity (Wildman–Crippen MR) is 121 cm³/mol. The van der Waals surface area contributed by atoms with Gasteiger partial charge in [-0.1, -0.05) is 67.6 Å². The Morgan fingerprint density at radius 2 is 1.90 bits per heavy atom. The average molecular weight is 389 g/mol. The van der Waals surface area contributed by atoms with Crippen molar-refractivity contribution >= 4 is 10.9 Å². The number of aromatic amines is 1. The first kappa shape index (κ1) is 19.9. The monoisotopic (exact) mass is 388 g/mol. The highest BCUT2D eigenvalue weighted by atomic mass is 16.5. The first-order valence-corrected chi connectivity index (χ1v) is 10.9. The van der Waals surface area contributed by atoms with Crippen molar-refractivity contribution in [3.8, 4) is 0 Å².